The SMILES string of the molecule is CCOC(=O)c1ccc(-c2cc(C(=O)N[C@H]3[C@@H](C(=O)OCc4ccccc4)[C@@H]4C=C[C@H]3C4)c(OC)cc2P)cc1. The molecule has 3 aromatic rings. The molecule has 5 rings (SSSR count). The molecule has 1 fully saturated rings. The number of carbonyl (C=O) groups excluding carboxylic acids is 3. The number of esters is 2. The third kappa shape index (κ3) is 5.66. The molecule has 3 aromatic carbocycles. The number of nitrogens with one attached hydrogen (secondary N) is 1. The minimum atomic E-state index is -0.454. The van der Waals surface area contributed by atoms with Crippen molar-refractivity contribution in [1.82, 2.24) is 5.32 Å². The first kappa shape index (κ1) is 27.6. The largest absolute Gasteiger partial charge is 0.496 e. The molecule has 1 N–H and O–H groups in total. The van der Waals surface area contributed by atoms with Gasteiger partial charge in [0, 0.05) is 6.04 Å². The highest BCUT2D eigenvalue weighted by atomic mass is 31.0. The third-order valence-corrected chi connectivity index (χ3v) is 8.05. The van der Waals surface area contributed by atoms with Gasteiger partial charge in [0.2, 0.25) is 0 Å². The number of amides is 1. The second kappa shape index (κ2) is 12.1. The quantitative estimate of drug-likeness (QED) is 0.233. The first-order valence-corrected chi connectivity index (χ1v) is 13.9. The molecule has 2 bridgehead atoms. The number of carbonyl (C=O) groups is 3. The molecular weight excluding hydrogens is 525 g/mol. The number of methoxy groups -OCH3 is 1. The zero-order chi connectivity index (χ0) is 28.2. The number of hydrogen-bond acceptors (Lipinski definition) is 6. The number of allylic oxidation sites excluding steroid dienone is 1. The molecule has 0 spiro atoms. The molecule has 40 heavy (non-hydrogen) atoms. The summed E-state index contributed by atoms with van der Waals surface area (Å²) in [6.45, 7) is 2.26. The van der Waals surface area contributed by atoms with E-state index in [2.05, 4.69) is 26.7 Å². The Balaban J connectivity index is 1.36. The number of rotatable bonds is 9. The molecule has 7 nitrogen and oxygen atoms in total. The number of hydrogen-bond donors (Lipinski definition) is 1. The standard InChI is InChI=1S/C32H32NO6P/c1-3-38-31(35)21-11-9-20(10-12-21)24-16-25(26(37-2)17-27(24)40)30(34)33-29-23-14-13-22(15-23)28(29)32(36)39-18-19-7-5-4-6-8-19/h4-14,16-17,22-23,28-29H,3,15,18,40H2,1-2H3,(H,33,34)/t22-,23+,28+,29-/m1/s1. The summed E-state index contributed by atoms with van der Waals surface area (Å²) in [6, 6.07) is 19.8. The Morgan fingerprint density at radius 1 is 0.950 bits per heavy atom. The van der Waals surface area contributed by atoms with Crippen LogP contribution in [0.15, 0.2) is 78.9 Å². The lowest BCUT2D eigenvalue weighted by atomic mass is 9.88. The van der Waals surface area contributed by atoms with Crippen LogP contribution in [-0.4, -0.2) is 37.6 Å². The van der Waals surface area contributed by atoms with Gasteiger partial charge in [-0.15, -0.1) is 9.24 Å². The zero-order valence-electron chi connectivity index (χ0n) is 22.5. The lowest BCUT2D eigenvalue weighted by molar-refractivity contribution is -0.151. The fourth-order valence-corrected chi connectivity index (χ4v) is 5.99. The summed E-state index contributed by atoms with van der Waals surface area (Å²) in [5.74, 6) is -0.945. The van der Waals surface area contributed by atoms with Crippen LogP contribution in [0.2, 0.25) is 0 Å². The second-order valence-electron chi connectivity index (χ2n) is 10.0. The molecule has 0 aliphatic heterocycles. The molecule has 1 saturated carbocycles. The molecular formula is C32H32NO6P. The van der Waals surface area contributed by atoms with Crippen molar-refractivity contribution in [2.24, 2.45) is 17.8 Å². The molecule has 0 saturated heterocycles. The van der Waals surface area contributed by atoms with E-state index in [9.17, 15) is 14.4 Å². The van der Waals surface area contributed by atoms with Crippen molar-refractivity contribution in [3.8, 4) is 16.9 Å². The van der Waals surface area contributed by atoms with E-state index in [-0.39, 0.29) is 42.3 Å². The van der Waals surface area contributed by atoms with Gasteiger partial charge in [-0.25, -0.2) is 4.79 Å². The third-order valence-electron chi connectivity index (χ3n) is 7.58. The van der Waals surface area contributed by atoms with Gasteiger partial charge in [0.05, 0.1) is 30.8 Å². The van der Waals surface area contributed by atoms with Gasteiger partial charge in [-0.2, -0.15) is 0 Å². The monoisotopic (exact) mass is 557 g/mol. The van der Waals surface area contributed by atoms with E-state index in [1.807, 2.05) is 42.5 Å². The first-order valence-electron chi connectivity index (χ1n) is 13.3. The molecule has 206 valence electrons. The summed E-state index contributed by atoms with van der Waals surface area (Å²) < 4.78 is 16.3. The number of benzene rings is 3. The van der Waals surface area contributed by atoms with Crippen LogP contribution in [0.5, 0.6) is 5.75 Å². The molecule has 1 unspecified atom stereocenters. The van der Waals surface area contributed by atoms with Crippen molar-refractivity contribution in [2.75, 3.05) is 13.7 Å². The van der Waals surface area contributed by atoms with Crippen molar-refractivity contribution < 1.29 is 28.6 Å². The highest BCUT2D eigenvalue weighted by Crippen LogP contribution is 2.44. The van der Waals surface area contributed by atoms with Gasteiger partial charge in [-0.05, 0) is 71.4 Å². The minimum Gasteiger partial charge on any atom is -0.496 e. The Kier molecular flexibility index (Phi) is 8.32. The van der Waals surface area contributed by atoms with E-state index in [4.69, 9.17) is 14.2 Å². The fraction of sp³-hybridized carbons (Fsp3) is 0.281. The van der Waals surface area contributed by atoms with Crippen molar-refractivity contribution in [3.63, 3.8) is 0 Å². The Labute approximate surface area is 236 Å². The molecule has 2 aliphatic carbocycles. The molecule has 1 amide bonds. The summed E-state index contributed by atoms with van der Waals surface area (Å²) in [5.41, 5.74) is 3.37. The Morgan fingerprint density at radius 3 is 2.38 bits per heavy atom. The highest BCUT2D eigenvalue weighted by Gasteiger charge is 2.49. The topological polar surface area (TPSA) is 90.9 Å². The first-order chi connectivity index (χ1) is 19.4. The van der Waals surface area contributed by atoms with Crippen LogP contribution >= 0.6 is 9.24 Å². The van der Waals surface area contributed by atoms with E-state index >= 15 is 0 Å². The van der Waals surface area contributed by atoms with Crippen molar-refractivity contribution in [2.45, 2.75) is 26.0 Å². The summed E-state index contributed by atoms with van der Waals surface area (Å²) in [7, 11) is 4.20. The summed E-state index contributed by atoms with van der Waals surface area (Å²) in [6.07, 6.45) is 4.94. The maximum atomic E-state index is 13.7. The summed E-state index contributed by atoms with van der Waals surface area (Å²) in [5, 5.41) is 3.96. The fourth-order valence-electron chi connectivity index (χ4n) is 5.59. The number of ether oxygens (including phenoxy) is 3. The average molecular weight is 558 g/mol. The molecule has 5 atom stereocenters. The van der Waals surface area contributed by atoms with Gasteiger partial charge >= 0.3 is 11.9 Å². The molecule has 0 radical (unpaired) electrons. The van der Waals surface area contributed by atoms with Gasteiger partial charge in [-0.1, -0.05) is 54.6 Å². The summed E-state index contributed by atoms with van der Waals surface area (Å²) >= 11 is 0. The van der Waals surface area contributed by atoms with Crippen LogP contribution in [0.25, 0.3) is 11.1 Å². The Morgan fingerprint density at radius 2 is 1.68 bits per heavy atom. The molecule has 0 heterocycles. The van der Waals surface area contributed by atoms with Crippen LogP contribution in [0, 0.1) is 17.8 Å². The van der Waals surface area contributed by atoms with Crippen LogP contribution in [-0.2, 0) is 20.9 Å². The Hall–Kier alpha value is -3.96. The molecule has 2 aliphatic rings. The van der Waals surface area contributed by atoms with E-state index < -0.39 is 5.92 Å². The second-order valence-corrected chi connectivity index (χ2v) is 10.6. The van der Waals surface area contributed by atoms with Crippen molar-refractivity contribution in [1.29, 1.82) is 0 Å². The van der Waals surface area contributed by atoms with E-state index in [1.165, 1.54) is 7.11 Å². The zero-order valence-corrected chi connectivity index (χ0v) is 23.6. The van der Waals surface area contributed by atoms with Crippen LogP contribution in [0.4, 0.5) is 0 Å². The van der Waals surface area contributed by atoms with Crippen LogP contribution < -0.4 is 15.4 Å². The normalized spacial score (nSPS) is 20.7. The lowest BCUT2D eigenvalue weighted by Gasteiger charge is -2.28. The average Bonchev–Trinajstić information content (AvgIpc) is 3.58. The molecule has 0 aromatic heterocycles. The minimum absolute atomic E-state index is 0.0309. The van der Waals surface area contributed by atoms with Gasteiger partial charge in [0.25, 0.3) is 5.91 Å². The maximum absolute atomic E-state index is 13.7. The van der Waals surface area contributed by atoms with Crippen LogP contribution in [0.1, 0.15) is 39.6 Å². The molecule has 8 heteroatoms. The number of fused-ring (bicyclic) bond motifs is 2. The van der Waals surface area contributed by atoms with Gasteiger partial charge in [0.1, 0.15) is 12.4 Å². The predicted molar refractivity (Wildman–Crippen MR) is 155 cm³/mol. The highest BCUT2D eigenvalue weighted by molar-refractivity contribution is 7.28. The van der Waals surface area contributed by atoms with Crippen molar-refractivity contribution in [3.05, 3.63) is 95.6 Å². The Bertz CT molecular complexity index is 1440. The van der Waals surface area contributed by atoms with Crippen molar-refractivity contribution >= 4 is 32.4 Å². The van der Waals surface area contributed by atoms with Gasteiger partial charge < -0.3 is 19.5 Å². The van der Waals surface area contributed by atoms with E-state index in [1.54, 1.807) is 31.2 Å². The van der Waals surface area contributed by atoms with Gasteiger partial charge in [-0.3, -0.25) is 9.59 Å². The van der Waals surface area contributed by atoms with E-state index in [0.717, 1.165) is 28.4 Å². The predicted octanol–water partition coefficient (Wildman–Crippen LogP) is 4.70. The lowest BCUT2D eigenvalue weighted by Crippen LogP contribution is -2.46. The smallest absolute Gasteiger partial charge is 0.338 e. The maximum Gasteiger partial charge on any atom is 0.338 e. The summed E-state index contributed by atoms with van der Waals surface area (Å²) in [4.78, 5) is 38.9. The van der Waals surface area contributed by atoms with Crippen LogP contribution in [0.3, 0.4) is 0 Å². The van der Waals surface area contributed by atoms with E-state index in [0.29, 0.717) is 23.5 Å². The van der Waals surface area contributed by atoms with Gasteiger partial charge in [0.15, 0.2) is 0 Å².